The van der Waals surface area contributed by atoms with E-state index in [1.165, 1.54) is 0 Å². The zero-order valence-electron chi connectivity index (χ0n) is 9.75. The molecule has 0 aliphatic carbocycles. The van der Waals surface area contributed by atoms with Gasteiger partial charge in [-0.15, -0.1) is 0 Å². The number of rotatable bonds is 2. The number of benzene rings is 2. The van der Waals surface area contributed by atoms with E-state index < -0.39 is 0 Å². The normalized spacial score (nSPS) is 12.5. The average Bonchev–Trinajstić information content (AvgIpc) is 2.28. The van der Waals surface area contributed by atoms with E-state index in [0.29, 0.717) is 15.1 Å². The van der Waals surface area contributed by atoms with E-state index >= 15 is 0 Å². The van der Waals surface area contributed by atoms with Gasteiger partial charge in [0.05, 0.1) is 10.0 Å². The summed E-state index contributed by atoms with van der Waals surface area (Å²) in [5.41, 5.74) is 8.62. The zero-order chi connectivity index (χ0) is 13.3. The monoisotopic (exact) mass is 299 g/mol. The number of hydrogen-bond donors (Lipinski definition) is 1. The van der Waals surface area contributed by atoms with Crippen LogP contribution in [0.4, 0.5) is 0 Å². The Kier molecular flexibility index (Phi) is 4.18. The molecule has 0 saturated carbocycles. The fraction of sp³-hybridized carbons (Fsp3) is 0.143. The lowest BCUT2D eigenvalue weighted by atomic mass is 10.0. The van der Waals surface area contributed by atoms with Gasteiger partial charge < -0.3 is 5.73 Å². The van der Waals surface area contributed by atoms with Crippen molar-refractivity contribution in [3.63, 3.8) is 0 Å². The van der Waals surface area contributed by atoms with Crippen LogP contribution < -0.4 is 5.73 Å². The molecule has 0 saturated heterocycles. The smallest absolute Gasteiger partial charge is 0.0514 e. The summed E-state index contributed by atoms with van der Waals surface area (Å²) in [6.07, 6.45) is 0. The molecule has 0 spiro atoms. The number of hydrogen-bond acceptors (Lipinski definition) is 1. The van der Waals surface area contributed by atoms with Crippen molar-refractivity contribution < 1.29 is 0 Å². The van der Waals surface area contributed by atoms with Crippen LogP contribution in [-0.4, -0.2) is 0 Å². The Labute approximate surface area is 121 Å². The van der Waals surface area contributed by atoms with Gasteiger partial charge >= 0.3 is 0 Å². The molecule has 18 heavy (non-hydrogen) atoms. The minimum absolute atomic E-state index is 0.00946. The highest BCUT2D eigenvalue weighted by Gasteiger charge is 2.10. The molecule has 2 N–H and O–H groups in total. The van der Waals surface area contributed by atoms with Crippen LogP contribution in [0.25, 0.3) is 11.1 Å². The lowest BCUT2D eigenvalue weighted by Crippen LogP contribution is -2.04. The van der Waals surface area contributed by atoms with Crippen LogP contribution in [0.15, 0.2) is 36.4 Å². The van der Waals surface area contributed by atoms with Gasteiger partial charge in [-0.3, -0.25) is 0 Å². The maximum Gasteiger partial charge on any atom is 0.0514 e. The van der Waals surface area contributed by atoms with Gasteiger partial charge in [-0.2, -0.15) is 0 Å². The third-order valence-electron chi connectivity index (χ3n) is 2.73. The van der Waals surface area contributed by atoms with E-state index in [-0.39, 0.29) is 6.04 Å². The summed E-state index contributed by atoms with van der Waals surface area (Å²) in [7, 11) is 0. The second-order valence-corrected chi connectivity index (χ2v) is 5.41. The molecule has 2 rings (SSSR count). The van der Waals surface area contributed by atoms with Gasteiger partial charge in [0.15, 0.2) is 0 Å². The molecule has 94 valence electrons. The van der Waals surface area contributed by atoms with E-state index in [4.69, 9.17) is 40.5 Å². The molecule has 0 aliphatic heterocycles. The average molecular weight is 301 g/mol. The zero-order valence-corrected chi connectivity index (χ0v) is 12.0. The molecular weight excluding hydrogens is 289 g/mol. The first-order valence-electron chi connectivity index (χ1n) is 5.49. The molecular formula is C14H12Cl3N. The lowest BCUT2D eigenvalue weighted by molar-refractivity contribution is 0.818. The molecule has 2 aromatic carbocycles. The first-order chi connectivity index (χ1) is 8.49. The van der Waals surface area contributed by atoms with Crippen molar-refractivity contribution >= 4 is 34.8 Å². The van der Waals surface area contributed by atoms with Crippen LogP contribution in [0.5, 0.6) is 0 Å². The summed E-state index contributed by atoms with van der Waals surface area (Å²) < 4.78 is 0. The van der Waals surface area contributed by atoms with Gasteiger partial charge in [0, 0.05) is 16.6 Å². The topological polar surface area (TPSA) is 26.0 Å². The highest BCUT2D eigenvalue weighted by Crippen LogP contribution is 2.37. The predicted octanol–water partition coefficient (Wildman–Crippen LogP) is 5.33. The van der Waals surface area contributed by atoms with Gasteiger partial charge in [0.1, 0.15) is 0 Å². The van der Waals surface area contributed by atoms with Gasteiger partial charge in [-0.1, -0.05) is 59.1 Å². The quantitative estimate of drug-likeness (QED) is 0.796. The van der Waals surface area contributed by atoms with Crippen molar-refractivity contribution in [3.05, 3.63) is 57.0 Å². The van der Waals surface area contributed by atoms with Crippen LogP contribution in [0.2, 0.25) is 15.1 Å². The van der Waals surface area contributed by atoms with Crippen molar-refractivity contribution in [3.8, 4) is 11.1 Å². The molecule has 0 radical (unpaired) electrons. The number of nitrogens with two attached hydrogens (primary N) is 1. The van der Waals surface area contributed by atoms with Gasteiger partial charge in [-0.05, 0) is 30.2 Å². The van der Waals surface area contributed by atoms with Crippen LogP contribution in [0.1, 0.15) is 18.5 Å². The van der Waals surface area contributed by atoms with Crippen LogP contribution in [0, 0.1) is 0 Å². The fourth-order valence-corrected chi connectivity index (χ4v) is 2.81. The van der Waals surface area contributed by atoms with Crippen LogP contribution in [-0.2, 0) is 0 Å². The summed E-state index contributed by atoms with van der Waals surface area (Å²) in [6, 6.07) is 11.2. The van der Waals surface area contributed by atoms with Crippen molar-refractivity contribution in [1.82, 2.24) is 0 Å². The molecule has 0 heterocycles. The van der Waals surface area contributed by atoms with Crippen LogP contribution >= 0.6 is 34.8 Å². The largest absolute Gasteiger partial charge is 0.324 e. The minimum atomic E-state index is 0.00946. The molecule has 1 atom stereocenters. The third kappa shape index (κ3) is 2.81. The highest BCUT2D eigenvalue weighted by molar-refractivity contribution is 6.41. The summed E-state index contributed by atoms with van der Waals surface area (Å²) in [5, 5.41) is 1.61. The Morgan fingerprint density at radius 1 is 0.944 bits per heavy atom. The van der Waals surface area contributed by atoms with Crippen LogP contribution in [0.3, 0.4) is 0 Å². The molecule has 1 unspecified atom stereocenters. The second kappa shape index (κ2) is 5.50. The first-order valence-corrected chi connectivity index (χ1v) is 6.63. The molecule has 1 nitrogen and oxygen atoms in total. The number of halogens is 3. The lowest BCUT2D eigenvalue weighted by Gasteiger charge is -2.10. The SMILES string of the molecule is CC(N)c1ccc(-c2c(Cl)cc(Cl)cc2Cl)cc1. The van der Waals surface area contributed by atoms with Gasteiger partial charge in [0.25, 0.3) is 0 Å². The molecule has 0 aromatic heterocycles. The Bertz CT molecular complexity index is 539. The van der Waals surface area contributed by atoms with E-state index in [1.54, 1.807) is 12.1 Å². The van der Waals surface area contributed by atoms with Crippen molar-refractivity contribution in [2.24, 2.45) is 5.73 Å². The van der Waals surface area contributed by atoms with Gasteiger partial charge in [0.2, 0.25) is 0 Å². The summed E-state index contributed by atoms with van der Waals surface area (Å²) in [4.78, 5) is 0. The molecule has 2 aromatic rings. The molecule has 0 aliphatic rings. The molecule has 0 fully saturated rings. The van der Waals surface area contributed by atoms with E-state index in [9.17, 15) is 0 Å². The predicted molar refractivity (Wildman–Crippen MR) is 79.5 cm³/mol. The standard InChI is InChI=1S/C14H12Cl3N/c1-8(18)9-2-4-10(5-3-9)14-12(16)6-11(15)7-13(14)17/h2-8H,18H2,1H3. The van der Waals surface area contributed by atoms with E-state index in [2.05, 4.69) is 0 Å². The molecule has 0 amide bonds. The van der Waals surface area contributed by atoms with Crippen molar-refractivity contribution in [1.29, 1.82) is 0 Å². The fourth-order valence-electron chi connectivity index (χ4n) is 1.77. The first kappa shape index (κ1) is 13.7. The maximum atomic E-state index is 6.18. The summed E-state index contributed by atoms with van der Waals surface area (Å²) in [5.74, 6) is 0. The van der Waals surface area contributed by atoms with E-state index in [0.717, 1.165) is 16.7 Å². The Balaban J connectivity index is 2.49. The summed E-state index contributed by atoms with van der Waals surface area (Å²) >= 11 is 18.2. The Hall–Kier alpha value is -0.730. The van der Waals surface area contributed by atoms with Gasteiger partial charge in [-0.25, -0.2) is 0 Å². The molecule has 4 heteroatoms. The third-order valence-corrected chi connectivity index (χ3v) is 3.55. The second-order valence-electron chi connectivity index (χ2n) is 4.16. The maximum absolute atomic E-state index is 6.18. The van der Waals surface area contributed by atoms with Crippen molar-refractivity contribution in [2.75, 3.05) is 0 Å². The highest BCUT2D eigenvalue weighted by atomic mass is 35.5. The van der Waals surface area contributed by atoms with Crippen molar-refractivity contribution in [2.45, 2.75) is 13.0 Å². The summed E-state index contributed by atoms with van der Waals surface area (Å²) in [6.45, 7) is 1.94. The minimum Gasteiger partial charge on any atom is -0.324 e. The van der Waals surface area contributed by atoms with E-state index in [1.807, 2.05) is 31.2 Å². The Morgan fingerprint density at radius 3 is 1.89 bits per heavy atom. The molecule has 0 bridgehead atoms. The Morgan fingerprint density at radius 2 is 1.44 bits per heavy atom.